The molecule has 3 N–H and O–H groups in total. The van der Waals surface area contributed by atoms with E-state index < -0.39 is 0 Å². The second kappa shape index (κ2) is 7.40. The van der Waals surface area contributed by atoms with Crippen LogP contribution < -0.4 is 15.8 Å². The Morgan fingerprint density at radius 2 is 2.00 bits per heavy atom. The van der Waals surface area contributed by atoms with Crippen molar-refractivity contribution in [3.05, 3.63) is 70.9 Å². The smallest absolute Gasteiger partial charge is 0.219 e. The first kappa shape index (κ1) is 18.1. The van der Waals surface area contributed by atoms with Gasteiger partial charge in [0.05, 0.1) is 16.1 Å². The number of benzene rings is 2. The Hall–Kier alpha value is -3.25. The van der Waals surface area contributed by atoms with E-state index in [-0.39, 0.29) is 0 Å². The number of nitrogens with zero attached hydrogens (tertiary/aromatic N) is 3. The molecule has 2 heterocycles. The zero-order valence-corrected chi connectivity index (χ0v) is 16.4. The van der Waals surface area contributed by atoms with Gasteiger partial charge in [-0.25, -0.2) is 9.97 Å². The fourth-order valence-corrected chi connectivity index (χ4v) is 3.13. The molecule has 0 aliphatic rings. The predicted octanol–water partition coefficient (Wildman–Crippen LogP) is 4.92. The zero-order valence-electron chi connectivity index (χ0n) is 15.6. The third-order valence-electron chi connectivity index (χ3n) is 4.51. The van der Waals surface area contributed by atoms with E-state index in [0.717, 1.165) is 39.5 Å². The number of nitrogens with one attached hydrogen (secondary N) is 1. The molecule has 0 unspecified atom stereocenters. The van der Waals surface area contributed by atoms with Crippen LogP contribution in [0.2, 0.25) is 5.02 Å². The van der Waals surface area contributed by atoms with Crippen molar-refractivity contribution < 1.29 is 4.74 Å². The summed E-state index contributed by atoms with van der Waals surface area (Å²) in [5, 5.41) is 3.96. The van der Waals surface area contributed by atoms with Crippen LogP contribution in [0.4, 0.5) is 11.6 Å². The molecule has 0 fully saturated rings. The van der Waals surface area contributed by atoms with Crippen LogP contribution >= 0.6 is 11.6 Å². The monoisotopic (exact) mass is 393 g/mol. The highest BCUT2D eigenvalue weighted by Gasteiger charge is 2.09. The summed E-state index contributed by atoms with van der Waals surface area (Å²) in [6.45, 7) is 2.65. The molecule has 0 saturated heterocycles. The van der Waals surface area contributed by atoms with Crippen molar-refractivity contribution in [3.8, 4) is 11.6 Å². The van der Waals surface area contributed by atoms with Gasteiger partial charge < -0.3 is 20.4 Å². The summed E-state index contributed by atoms with van der Waals surface area (Å²) < 4.78 is 7.84. The fourth-order valence-electron chi connectivity index (χ4n) is 3.02. The zero-order chi connectivity index (χ0) is 19.7. The van der Waals surface area contributed by atoms with Crippen LogP contribution in [-0.4, -0.2) is 14.5 Å². The Morgan fingerprint density at radius 1 is 1.14 bits per heavy atom. The molecular weight excluding hydrogens is 374 g/mol. The third-order valence-corrected chi connectivity index (χ3v) is 4.73. The number of nitrogens with two attached hydrogens (primary N) is 1. The largest absolute Gasteiger partial charge is 0.439 e. The minimum absolute atomic E-state index is 0.511. The lowest BCUT2D eigenvalue weighted by atomic mass is 10.1. The molecule has 28 heavy (non-hydrogen) atoms. The Morgan fingerprint density at radius 3 is 2.75 bits per heavy atom. The highest BCUT2D eigenvalue weighted by Crippen LogP contribution is 2.26. The minimum atomic E-state index is 0.511. The lowest BCUT2D eigenvalue weighted by Crippen LogP contribution is -2.05. The summed E-state index contributed by atoms with van der Waals surface area (Å²) in [6, 6.07) is 15.3. The van der Waals surface area contributed by atoms with Gasteiger partial charge in [0, 0.05) is 31.5 Å². The van der Waals surface area contributed by atoms with E-state index in [1.807, 2.05) is 48.9 Å². The second-order valence-corrected chi connectivity index (χ2v) is 7.05. The van der Waals surface area contributed by atoms with Crippen molar-refractivity contribution in [3.63, 3.8) is 0 Å². The van der Waals surface area contributed by atoms with E-state index in [1.54, 1.807) is 18.3 Å². The quantitative estimate of drug-likeness (QED) is 0.471. The van der Waals surface area contributed by atoms with Crippen LogP contribution in [0.15, 0.2) is 54.7 Å². The molecule has 4 aromatic rings. The number of aromatic nitrogens is 3. The van der Waals surface area contributed by atoms with Gasteiger partial charge >= 0.3 is 0 Å². The summed E-state index contributed by atoms with van der Waals surface area (Å²) in [4.78, 5) is 8.79. The van der Waals surface area contributed by atoms with Gasteiger partial charge in [0.15, 0.2) is 0 Å². The molecule has 0 atom stereocenters. The average molecular weight is 394 g/mol. The first-order valence-corrected chi connectivity index (χ1v) is 9.22. The third kappa shape index (κ3) is 3.73. The van der Waals surface area contributed by atoms with Crippen molar-refractivity contribution in [2.75, 3.05) is 11.1 Å². The van der Waals surface area contributed by atoms with Crippen LogP contribution in [0, 0.1) is 6.92 Å². The van der Waals surface area contributed by atoms with Gasteiger partial charge in [-0.2, -0.15) is 0 Å². The van der Waals surface area contributed by atoms with Crippen molar-refractivity contribution in [1.82, 2.24) is 14.5 Å². The van der Waals surface area contributed by atoms with Crippen LogP contribution in [0.3, 0.4) is 0 Å². The van der Waals surface area contributed by atoms with E-state index in [1.165, 1.54) is 0 Å². The van der Waals surface area contributed by atoms with E-state index in [4.69, 9.17) is 22.1 Å². The topological polar surface area (TPSA) is 78.0 Å². The molecule has 2 aromatic carbocycles. The van der Waals surface area contributed by atoms with Crippen LogP contribution in [0.1, 0.15) is 11.1 Å². The molecule has 0 amide bonds. The summed E-state index contributed by atoms with van der Waals surface area (Å²) >= 11 is 5.86. The van der Waals surface area contributed by atoms with Gasteiger partial charge in [-0.05, 0) is 48.4 Å². The van der Waals surface area contributed by atoms with E-state index in [9.17, 15) is 0 Å². The Kier molecular flexibility index (Phi) is 4.79. The lowest BCUT2D eigenvalue weighted by Gasteiger charge is -2.11. The van der Waals surface area contributed by atoms with Crippen LogP contribution in [-0.2, 0) is 13.6 Å². The molecule has 4 rings (SSSR count). The van der Waals surface area contributed by atoms with Gasteiger partial charge in [0.25, 0.3) is 0 Å². The first-order valence-electron chi connectivity index (χ1n) is 8.84. The number of aryl methyl sites for hydroxylation is 2. The maximum Gasteiger partial charge on any atom is 0.219 e. The SMILES string of the molecule is Cc1cc(CNc2nc3ccc(N)cc3n2C)ccc1Oc1ccc(Cl)cn1. The van der Waals surface area contributed by atoms with E-state index in [2.05, 4.69) is 21.4 Å². The van der Waals surface area contributed by atoms with Crippen LogP contribution in [0.5, 0.6) is 11.6 Å². The van der Waals surface area contributed by atoms with Crippen LogP contribution in [0.25, 0.3) is 11.0 Å². The number of anilines is 2. The molecule has 6 nitrogen and oxygen atoms in total. The maximum absolute atomic E-state index is 5.88. The van der Waals surface area contributed by atoms with Crippen molar-refractivity contribution >= 4 is 34.3 Å². The molecular formula is C21H20ClN5O. The van der Waals surface area contributed by atoms with Gasteiger partial charge in [0.1, 0.15) is 5.75 Å². The molecule has 0 radical (unpaired) electrons. The number of imidazole rings is 1. The summed E-state index contributed by atoms with van der Waals surface area (Å²) in [7, 11) is 1.97. The average Bonchev–Trinajstić information content (AvgIpc) is 2.99. The second-order valence-electron chi connectivity index (χ2n) is 6.61. The fraction of sp³-hybridized carbons (Fsp3) is 0.143. The summed E-state index contributed by atoms with van der Waals surface area (Å²) in [6.07, 6.45) is 1.56. The molecule has 0 spiro atoms. The lowest BCUT2D eigenvalue weighted by molar-refractivity contribution is 0.459. The highest BCUT2D eigenvalue weighted by atomic mass is 35.5. The molecule has 0 aliphatic carbocycles. The number of nitrogen functional groups attached to an aromatic ring is 1. The molecule has 142 valence electrons. The number of rotatable bonds is 5. The predicted molar refractivity (Wildman–Crippen MR) is 113 cm³/mol. The number of pyridine rings is 1. The minimum Gasteiger partial charge on any atom is -0.439 e. The molecule has 7 heteroatoms. The van der Waals surface area contributed by atoms with Gasteiger partial charge in [-0.3, -0.25) is 0 Å². The van der Waals surface area contributed by atoms with Gasteiger partial charge in [-0.1, -0.05) is 23.7 Å². The standard InChI is InChI=1S/C21H20ClN5O/c1-13-9-14(3-7-19(13)28-20-8-4-15(22)12-24-20)11-25-21-26-17-6-5-16(23)10-18(17)27(21)2/h3-10,12H,11,23H2,1-2H3,(H,25,26). The summed E-state index contributed by atoms with van der Waals surface area (Å²) in [5.74, 6) is 2.07. The van der Waals surface area contributed by atoms with Crippen molar-refractivity contribution in [2.24, 2.45) is 7.05 Å². The Bertz CT molecular complexity index is 1140. The maximum atomic E-state index is 5.88. The number of hydrogen-bond donors (Lipinski definition) is 2. The van der Waals surface area contributed by atoms with Gasteiger partial charge in [0.2, 0.25) is 11.8 Å². The highest BCUT2D eigenvalue weighted by molar-refractivity contribution is 6.30. The number of fused-ring (bicyclic) bond motifs is 1. The van der Waals surface area contributed by atoms with E-state index >= 15 is 0 Å². The molecule has 2 aromatic heterocycles. The Labute approximate surface area is 167 Å². The summed E-state index contributed by atoms with van der Waals surface area (Å²) in [5.41, 5.74) is 10.7. The van der Waals surface area contributed by atoms with E-state index in [0.29, 0.717) is 17.4 Å². The first-order chi connectivity index (χ1) is 13.5. The number of ether oxygens (including phenoxy) is 1. The number of halogens is 1. The van der Waals surface area contributed by atoms with Gasteiger partial charge in [-0.15, -0.1) is 0 Å². The number of hydrogen-bond acceptors (Lipinski definition) is 5. The normalized spacial score (nSPS) is 11.0. The molecule has 0 aliphatic heterocycles. The Balaban J connectivity index is 1.48. The van der Waals surface area contributed by atoms with Crippen molar-refractivity contribution in [1.29, 1.82) is 0 Å². The molecule has 0 saturated carbocycles. The van der Waals surface area contributed by atoms with Crippen molar-refractivity contribution in [2.45, 2.75) is 13.5 Å². The molecule has 0 bridgehead atoms.